The van der Waals surface area contributed by atoms with Gasteiger partial charge >= 0.3 is 5.97 Å². The molecule has 0 aromatic carbocycles. The van der Waals surface area contributed by atoms with Crippen LogP contribution in [0.15, 0.2) is 5.16 Å². The van der Waals surface area contributed by atoms with Crippen molar-refractivity contribution in [3.05, 3.63) is 4.88 Å². The summed E-state index contributed by atoms with van der Waals surface area (Å²) in [6.45, 7) is 4.93. The molecule has 2 rings (SSSR count). The molecule has 0 atom stereocenters. The van der Waals surface area contributed by atoms with Crippen molar-refractivity contribution in [3.8, 4) is 0 Å². The molecule has 0 fully saturated rings. The van der Waals surface area contributed by atoms with Crippen LogP contribution in [0, 0.1) is 0 Å². The Labute approximate surface area is 131 Å². The highest BCUT2D eigenvalue weighted by Crippen LogP contribution is 2.37. The van der Waals surface area contributed by atoms with Crippen LogP contribution in [-0.2, 0) is 4.74 Å². The largest absolute Gasteiger partial charge is 0.462 e. The number of nitrogen functional groups attached to an aromatic ring is 1. The smallest absolute Gasteiger partial charge is 0.350 e. The van der Waals surface area contributed by atoms with Gasteiger partial charge in [0.15, 0.2) is 5.16 Å². The molecule has 0 aliphatic heterocycles. The highest BCUT2D eigenvalue weighted by atomic mass is 32.2. The van der Waals surface area contributed by atoms with E-state index in [1.54, 1.807) is 6.92 Å². The first-order chi connectivity index (χ1) is 10.1. The van der Waals surface area contributed by atoms with Gasteiger partial charge in [0.05, 0.1) is 17.7 Å². The number of anilines is 2. The number of thiophene rings is 1. The molecular weight excluding hydrogens is 308 g/mol. The number of thioether (sulfide) groups is 1. The van der Waals surface area contributed by atoms with Crippen molar-refractivity contribution < 1.29 is 9.53 Å². The van der Waals surface area contributed by atoms with E-state index in [1.807, 2.05) is 6.26 Å². The van der Waals surface area contributed by atoms with Crippen molar-refractivity contribution in [2.75, 3.05) is 30.5 Å². The first-order valence-electron chi connectivity index (χ1n) is 6.67. The number of aromatic nitrogens is 2. The van der Waals surface area contributed by atoms with Crippen molar-refractivity contribution in [2.24, 2.45) is 0 Å². The molecule has 2 aromatic heterocycles. The van der Waals surface area contributed by atoms with Gasteiger partial charge in [-0.1, -0.05) is 18.7 Å². The zero-order chi connectivity index (χ0) is 15.4. The van der Waals surface area contributed by atoms with Crippen molar-refractivity contribution in [1.82, 2.24) is 9.97 Å². The minimum atomic E-state index is -0.412. The Hall–Kier alpha value is -1.54. The maximum Gasteiger partial charge on any atom is 0.350 e. The Kier molecular flexibility index (Phi) is 5.24. The zero-order valence-corrected chi connectivity index (χ0v) is 13.9. The summed E-state index contributed by atoms with van der Waals surface area (Å²) >= 11 is 2.70. The number of rotatable bonds is 6. The molecule has 0 radical (unpaired) electrons. The van der Waals surface area contributed by atoms with Crippen LogP contribution in [0.5, 0.6) is 0 Å². The highest BCUT2D eigenvalue weighted by molar-refractivity contribution is 7.98. The van der Waals surface area contributed by atoms with Crippen molar-refractivity contribution in [3.63, 3.8) is 0 Å². The summed E-state index contributed by atoms with van der Waals surface area (Å²) in [7, 11) is 0. The first kappa shape index (κ1) is 15.8. The number of nitrogens with two attached hydrogens (primary N) is 1. The van der Waals surface area contributed by atoms with Crippen molar-refractivity contribution in [1.29, 1.82) is 0 Å². The van der Waals surface area contributed by atoms with Crippen molar-refractivity contribution >= 4 is 50.8 Å². The lowest BCUT2D eigenvalue weighted by Gasteiger charge is -2.07. The second-order valence-electron chi connectivity index (χ2n) is 4.23. The minimum Gasteiger partial charge on any atom is -0.462 e. The number of hydrogen-bond acceptors (Lipinski definition) is 8. The number of carbonyl (C=O) groups excluding carboxylic acids is 1. The lowest BCUT2D eigenvalue weighted by Crippen LogP contribution is -2.06. The van der Waals surface area contributed by atoms with Crippen molar-refractivity contribution in [2.45, 2.75) is 25.4 Å². The van der Waals surface area contributed by atoms with Crippen LogP contribution in [0.3, 0.4) is 0 Å². The van der Waals surface area contributed by atoms with E-state index in [0.29, 0.717) is 38.4 Å². The number of hydrogen-bond donors (Lipinski definition) is 2. The molecule has 0 saturated heterocycles. The molecule has 0 saturated carbocycles. The third-order valence-corrected chi connectivity index (χ3v) is 4.38. The van der Waals surface area contributed by atoms with Gasteiger partial charge in [0.25, 0.3) is 0 Å². The number of ether oxygens (including phenoxy) is 1. The van der Waals surface area contributed by atoms with Gasteiger partial charge in [0.1, 0.15) is 15.5 Å². The number of esters is 1. The van der Waals surface area contributed by atoms with Gasteiger partial charge in [0, 0.05) is 6.54 Å². The fraction of sp³-hybridized carbons (Fsp3) is 0.462. The lowest BCUT2D eigenvalue weighted by atomic mass is 10.2. The maximum atomic E-state index is 11.9. The normalized spacial score (nSPS) is 10.8. The van der Waals surface area contributed by atoms with E-state index in [2.05, 4.69) is 22.2 Å². The topological polar surface area (TPSA) is 90.1 Å². The van der Waals surface area contributed by atoms with Gasteiger partial charge in [0.2, 0.25) is 0 Å². The van der Waals surface area contributed by atoms with Gasteiger partial charge in [-0.2, -0.15) is 0 Å². The Morgan fingerprint density at radius 2 is 2.19 bits per heavy atom. The molecule has 3 N–H and O–H groups in total. The Balaban J connectivity index is 2.57. The SMILES string of the molecule is CCCNc1nc(SC)nc2sc(C(=O)OCC)c(N)c12. The number of nitrogens with zero attached hydrogens (tertiary/aromatic N) is 2. The van der Waals surface area contributed by atoms with E-state index >= 15 is 0 Å². The van der Waals surface area contributed by atoms with Gasteiger partial charge in [-0.05, 0) is 19.6 Å². The van der Waals surface area contributed by atoms with E-state index in [0.717, 1.165) is 13.0 Å². The molecular formula is C13H18N4O2S2. The van der Waals surface area contributed by atoms with E-state index in [9.17, 15) is 4.79 Å². The van der Waals surface area contributed by atoms with Crippen LogP contribution in [0.4, 0.5) is 11.5 Å². The van der Waals surface area contributed by atoms with Gasteiger partial charge < -0.3 is 15.8 Å². The van der Waals surface area contributed by atoms with Crippen LogP contribution >= 0.6 is 23.1 Å². The molecule has 8 heteroatoms. The fourth-order valence-corrected chi connectivity index (χ4v) is 3.22. The average Bonchev–Trinajstić information content (AvgIpc) is 2.82. The summed E-state index contributed by atoms with van der Waals surface area (Å²) in [5.41, 5.74) is 6.51. The highest BCUT2D eigenvalue weighted by Gasteiger charge is 2.22. The maximum absolute atomic E-state index is 11.9. The number of fused-ring (bicyclic) bond motifs is 1. The second-order valence-corrected chi connectivity index (χ2v) is 6.00. The fourth-order valence-electron chi connectivity index (χ4n) is 1.81. The molecule has 21 heavy (non-hydrogen) atoms. The predicted octanol–water partition coefficient (Wildman–Crippen LogP) is 2.99. The Bertz CT molecular complexity index is 657. The predicted molar refractivity (Wildman–Crippen MR) is 88.3 cm³/mol. The second kappa shape index (κ2) is 6.95. The monoisotopic (exact) mass is 326 g/mol. The average molecular weight is 326 g/mol. The molecule has 0 aliphatic rings. The minimum absolute atomic E-state index is 0.315. The molecule has 0 unspecified atom stereocenters. The molecule has 0 aliphatic carbocycles. The van der Waals surface area contributed by atoms with Gasteiger partial charge in [-0.3, -0.25) is 0 Å². The summed E-state index contributed by atoms with van der Waals surface area (Å²) in [6.07, 6.45) is 2.88. The zero-order valence-electron chi connectivity index (χ0n) is 12.2. The Morgan fingerprint density at radius 1 is 1.43 bits per heavy atom. The van der Waals surface area contributed by atoms with Crippen LogP contribution in [0.25, 0.3) is 10.2 Å². The molecule has 0 amide bonds. The van der Waals surface area contributed by atoms with Crippen LogP contribution in [0.2, 0.25) is 0 Å². The van der Waals surface area contributed by atoms with E-state index in [1.165, 1.54) is 23.1 Å². The molecule has 0 bridgehead atoms. The molecule has 0 spiro atoms. The van der Waals surface area contributed by atoms with Crippen LogP contribution in [-0.4, -0.2) is 35.3 Å². The Morgan fingerprint density at radius 3 is 2.81 bits per heavy atom. The summed E-state index contributed by atoms with van der Waals surface area (Å²) in [4.78, 5) is 21.9. The third kappa shape index (κ3) is 3.21. The summed E-state index contributed by atoms with van der Waals surface area (Å²) < 4.78 is 5.03. The number of carbonyl (C=O) groups is 1. The van der Waals surface area contributed by atoms with E-state index < -0.39 is 5.97 Å². The van der Waals surface area contributed by atoms with Crippen LogP contribution in [0.1, 0.15) is 29.9 Å². The summed E-state index contributed by atoms with van der Waals surface area (Å²) in [5.74, 6) is 0.264. The standard InChI is InChI=1S/C13H18N4O2S2/c1-4-6-15-10-7-8(14)9(12(18)19-5-2)21-11(7)17-13(16-10)20-3/h4-6,14H2,1-3H3,(H,15,16,17). The van der Waals surface area contributed by atoms with Crippen LogP contribution < -0.4 is 11.1 Å². The summed E-state index contributed by atoms with van der Waals surface area (Å²) in [6, 6.07) is 0. The molecule has 6 nitrogen and oxygen atoms in total. The summed E-state index contributed by atoms with van der Waals surface area (Å²) in [5, 5.41) is 4.60. The molecule has 114 valence electrons. The molecule has 2 heterocycles. The van der Waals surface area contributed by atoms with Gasteiger partial charge in [-0.25, -0.2) is 14.8 Å². The molecule has 2 aromatic rings. The first-order valence-corrected chi connectivity index (χ1v) is 8.71. The van der Waals surface area contributed by atoms with E-state index in [-0.39, 0.29) is 0 Å². The number of nitrogens with one attached hydrogen (secondary N) is 1. The third-order valence-electron chi connectivity index (χ3n) is 2.75. The van der Waals surface area contributed by atoms with Gasteiger partial charge in [-0.15, -0.1) is 11.3 Å². The lowest BCUT2D eigenvalue weighted by molar-refractivity contribution is 0.0533. The quantitative estimate of drug-likeness (QED) is 0.479. The van der Waals surface area contributed by atoms with E-state index in [4.69, 9.17) is 10.5 Å².